The van der Waals surface area contributed by atoms with Crippen LogP contribution in [0.1, 0.15) is 20.3 Å². The molecule has 116 valence electrons. The minimum Gasteiger partial charge on any atom is -0.495 e. The fraction of sp³-hybridized carbons (Fsp3) is 0.467. The van der Waals surface area contributed by atoms with E-state index in [9.17, 15) is 4.79 Å². The van der Waals surface area contributed by atoms with Gasteiger partial charge in [0.15, 0.2) is 0 Å². The average Bonchev–Trinajstić information content (AvgIpc) is 2.43. The number of para-hydroxylation sites is 2. The van der Waals surface area contributed by atoms with Crippen LogP contribution in [0.4, 0.5) is 5.69 Å². The molecule has 1 aromatic carbocycles. The molecule has 3 N–H and O–H groups in total. The predicted molar refractivity (Wildman–Crippen MR) is 89.7 cm³/mol. The van der Waals surface area contributed by atoms with Crippen molar-refractivity contribution in [2.75, 3.05) is 25.5 Å². The van der Waals surface area contributed by atoms with E-state index in [2.05, 4.69) is 5.32 Å². The van der Waals surface area contributed by atoms with E-state index in [0.29, 0.717) is 35.9 Å². The maximum absolute atomic E-state index is 12.2. The van der Waals surface area contributed by atoms with Crippen molar-refractivity contribution < 1.29 is 9.53 Å². The molecule has 0 bridgehead atoms. The van der Waals surface area contributed by atoms with Gasteiger partial charge in [-0.2, -0.15) is 0 Å². The summed E-state index contributed by atoms with van der Waals surface area (Å²) in [5.41, 5.74) is 6.19. The highest BCUT2D eigenvalue weighted by atomic mass is 32.1. The highest BCUT2D eigenvalue weighted by molar-refractivity contribution is 7.80. The second-order valence-electron chi connectivity index (χ2n) is 5.03. The molecule has 0 spiro atoms. The zero-order valence-electron chi connectivity index (χ0n) is 12.8. The molecule has 0 saturated heterocycles. The molecule has 6 heteroatoms. The molecule has 1 amide bonds. The number of nitrogens with two attached hydrogens (primary N) is 1. The van der Waals surface area contributed by atoms with Gasteiger partial charge in [0.05, 0.1) is 24.3 Å². The first-order valence-electron chi connectivity index (χ1n) is 6.89. The monoisotopic (exact) mass is 309 g/mol. The minimum absolute atomic E-state index is 0.0869. The quantitative estimate of drug-likeness (QED) is 0.719. The first-order valence-corrected chi connectivity index (χ1v) is 7.30. The van der Waals surface area contributed by atoms with Gasteiger partial charge in [-0.15, -0.1) is 0 Å². The van der Waals surface area contributed by atoms with Crippen molar-refractivity contribution in [3.8, 4) is 5.75 Å². The van der Waals surface area contributed by atoms with Crippen LogP contribution >= 0.6 is 12.2 Å². The zero-order valence-corrected chi connectivity index (χ0v) is 13.6. The largest absolute Gasteiger partial charge is 0.495 e. The normalized spacial score (nSPS) is 10.7. The highest BCUT2D eigenvalue weighted by Crippen LogP contribution is 2.22. The number of hydrogen-bond donors (Lipinski definition) is 2. The number of nitrogens with zero attached hydrogens (tertiary/aromatic N) is 1. The first-order chi connectivity index (χ1) is 9.93. The number of nitrogens with one attached hydrogen (secondary N) is 1. The molecule has 0 saturated carbocycles. The first kappa shape index (κ1) is 17.4. The number of carbonyl (C=O) groups is 1. The molecular weight excluding hydrogens is 286 g/mol. The van der Waals surface area contributed by atoms with Crippen molar-refractivity contribution in [3.05, 3.63) is 24.3 Å². The van der Waals surface area contributed by atoms with Gasteiger partial charge in [-0.25, -0.2) is 0 Å². The predicted octanol–water partition coefficient (Wildman–Crippen LogP) is 2.02. The molecule has 0 radical (unpaired) electrons. The summed E-state index contributed by atoms with van der Waals surface area (Å²) in [6, 6.07) is 7.57. The number of methoxy groups -OCH3 is 1. The smallest absolute Gasteiger partial charge is 0.238 e. The Balaban J connectivity index is 2.63. The summed E-state index contributed by atoms with van der Waals surface area (Å²) >= 11 is 4.89. The van der Waals surface area contributed by atoms with Crippen LogP contribution in [0.3, 0.4) is 0 Å². The number of anilines is 1. The third-order valence-corrected chi connectivity index (χ3v) is 3.31. The van der Waals surface area contributed by atoms with Gasteiger partial charge in [-0.05, 0) is 26.0 Å². The van der Waals surface area contributed by atoms with E-state index in [4.69, 9.17) is 22.7 Å². The van der Waals surface area contributed by atoms with Gasteiger partial charge in [-0.1, -0.05) is 24.4 Å². The molecular formula is C15H23N3O2S. The molecule has 1 rings (SSSR count). The third kappa shape index (κ3) is 6.10. The Labute approximate surface area is 131 Å². The van der Waals surface area contributed by atoms with Crippen molar-refractivity contribution in [1.29, 1.82) is 0 Å². The lowest BCUT2D eigenvalue weighted by Gasteiger charge is -2.25. The van der Waals surface area contributed by atoms with E-state index in [1.165, 1.54) is 0 Å². The lowest BCUT2D eigenvalue weighted by molar-refractivity contribution is -0.117. The van der Waals surface area contributed by atoms with E-state index in [1.54, 1.807) is 7.11 Å². The van der Waals surface area contributed by atoms with Crippen molar-refractivity contribution in [3.63, 3.8) is 0 Å². The summed E-state index contributed by atoms with van der Waals surface area (Å²) in [4.78, 5) is 14.7. The lowest BCUT2D eigenvalue weighted by Crippen LogP contribution is -2.39. The summed E-state index contributed by atoms with van der Waals surface area (Å²) in [6.45, 7) is 5.04. The number of ether oxygens (including phenoxy) is 1. The Morgan fingerprint density at radius 1 is 1.43 bits per heavy atom. The van der Waals surface area contributed by atoms with Crippen LogP contribution in [0.25, 0.3) is 0 Å². The molecule has 0 aliphatic carbocycles. The third-order valence-electron chi connectivity index (χ3n) is 3.10. The van der Waals surface area contributed by atoms with Crippen LogP contribution < -0.4 is 15.8 Å². The maximum atomic E-state index is 12.2. The van der Waals surface area contributed by atoms with E-state index < -0.39 is 0 Å². The Bertz CT molecular complexity index is 492. The Kier molecular flexibility index (Phi) is 7.11. The number of rotatable bonds is 8. The number of carbonyl (C=O) groups excluding carboxylic acids is 1. The molecule has 5 nitrogen and oxygen atoms in total. The Hall–Kier alpha value is -1.66. The fourth-order valence-corrected chi connectivity index (χ4v) is 1.99. The van der Waals surface area contributed by atoms with Crippen molar-refractivity contribution in [2.45, 2.75) is 26.3 Å². The van der Waals surface area contributed by atoms with Gasteiger partial charge in [0.1, 0.15) is 5.75 Å². The number of thiocarbonyl (C=S) groups is 1. The van der Waals surface area contributed by atoms with Crippen LogP contribution in [0.15, 0.2) is 24.3 Å². The van der Waals surface area contributed by atoms with Crippen molar-refractivity contribution in [1.82, 2.24) is 4.90 Å². The molecule has 21 heavy (non-hydrogen) atoms. The van der Waals surface area contributed by atoms with Crippen molar-refractivity contribution >= 4 is 28.8 Å². The van der Waals surface area contributed by atoms with Gasteiger partial charge >= 0.3 is 0 Å². The Morgan fingerprint density at radius 3 is 2.67 bits per heavy atom. The summed E-state index contributed by atoms with van der Waals surface area (Å²) in [7, 11) is 1.58. The second-order valence-corrected chi connectivity index (χ2v) is 5.55. The van der Waals surface area contributed by atoms with Gasteiger partial charge in [0, 0.05) is 19.0 Å². The Morgan fingerprint density at radius 2 is 2.10 bits per heavy atom. The number of amides is 1. The van der Waals surface area contributed by atoms with Gasteiger partial charge in [-0.3, -0.25) is 9.69 Å². The van der Waals surface area contributed by atoms with Crippen LogP contribution in [-0.4, -0.2) is 42.0 Å². The average molecular weight is 309 g/mol. The minimum atomic E-state index is -0.0869. The van der Waals surface area contributed by atoms with Crippen LogP contribution in [0.5, 0.6) is 5.75 Å². The summed E-state index contributed by atoms with van der Waals surface area (Å²) in [5.74, 6) is 0.557. The van der Waals surface area contributed by atoms with Gasteiger partial charge in [0.2, 0.25) is 5.91 Å². The second kappa shape index (κ2) is 8.59. The highest BCUT2D eigenvalue weighted by Gasteiger charge is 2.15. The molecule has 0 unspecified atom stereocenters. The van der Waals surface area contributed by atoms with Gasteiger partial charge < -0.3 is 15.8 Å². The summed E-state index contributed by atoms with van der Waals surface area (Å²) in [5, 5.41) is 2.86. The standard InChI is InChI=1S/C15H23N3O2S/c1-11(2)18(9-8-14(16)21)10-15(19)17-12-6-4-5-7-13(12)20-3/h4-7,11H,8-10H2,1-3H3,(H2,16,21)(H,17,19). The van der Waals surface area contributed by atoms with E-state index in [-0.39, 0.29) is 11.9 Å². The van der Waals surface area contributed by atoms with Gasteiger partial charge in [0.25, 0.3) is 0 Å². The van der Waals surface area contributed by atoms with Crippen LogP contribution in [0, 0.1) is 0 Å². The number of hydrogen-bond acceptors (Lipinski definition) is 4. The van der Waals surface area contributed by atoms with E-state index >= 15 is 0 Å². The zero-order chi connectivity index (χ0) is 15.8. The summed E-state index contributed by atoms with van der Waals surface area (Å²) in [6.07, 6.45) is 0.607. The fourth-order valence-electron chi connectivity index (χ4n) is 1.90. The topological polar surface area (TPSA) is 67.6 Å². The maximum Gasteiger partial charge on any atom is 0.238 e. The molecule has 0 aliphatic heterocycles. The molecule has 0 heterocycles. The van der Waals surface area contributed by atoms with Crippen LogP contribution in [-0.2, 0) is 4.79 Å². The van der Waals surface area contributed by atoms with E-state index in [0.717, 1.165) is 0 Å². The molecule has 1 aromatic rings. The SMILES string of the molecule is COc1ccccc1NC(=O)CN(CCC(N)=S)C(C)C. The van der Waals surface area contributed by atoms with Crippen LogP contribution in [0.2, 0.25) is 0 Å². The molecule has 0 aromatic heterocycles. The summed E-state index contributed by atoms with van der Waals surface area (Å²) < 4.78 is 5.22. The molecule has 0 fully saturated rings. The van der Waals surface area contributed by atoms with Crippen molar-refractivity contribution in [2.24, 2.45) is 5.73 Å². The lowest BCUT2D eigenvalue weighted by atomic mass is 10.2. The molecule has 0 atom stereocenters. The molecule has 0 aliphatic rings. The van der Waals surface area contributed by atoms with E-state index in [1.807, 2.05) is 43.0 Å². The number of benzene rings is 1.